The SMILES string of the molecule is COC1CC(C(=O)N2CCSCC2)CCC1NS(=O)(=O)C1CCOCC1. The van der Waals surface area contributed by atoms with E-state index in [0.717, 1.165) is 24.6 Å². The maximum atomic E-state index is 12.8. The van der Waals surface area contributed by atoms with Crippen LogP contribution >= 0.6 is 11.8 Å². The van der Waals surface area contributed by atoms with E-state index < -0.39 is 10.0 Å². The molecule has 3 atom stereocenters. The molecule has 0 radical (unpaired) electrons. The molecule has 0 spiro atoms. The van der Waals surface area contributed by atoms with Gasteiger partial charge in [-0.1, -0.05) is 0 Å². The van der Waals surface area contributed by atoms with Crippen molar-refractivity contribution in [2.75, 3.05) is 44.9 Å². The minimum absolute atomic E-state index is 0.0631. The molecule has 2 aliphatic heterocycles. The lowest BCUT2D eigenvalue weighted by Gasteiger charge is -2.38. The van der Waals surface area contributed by atoms with Crippen LogP contribution in [0.2, 0.25) is 0 Å². The van der Waals surface area contributed by atoms with Crippen LogP contribution in [0, 0.1) is 5.92 Å². The Balaban J connectivity index is 1.58. The van der Waals surface area contributed by atoms with Gasteiger partial charge in [-0.25, -0.2) is 13.1 Å². The third kappa shape index (κ3) is 4.92. The van der Waals surface area contributed by atoms with Gasteiger partial charge in [0, 0.05) is 56.9 Å². The first kappa shape index (κ1) is 20.4. The highest BCUT2D eigenvalue weighted by Crippen LogP contribution is 2.30. The van der Waals surface area contributed by atoms with Gasteiger partial charge in [0.05, 0.1) is 11.4 Å². The van der Waals surface area contributed by atoms with Crippen molar-refractivity contribution in [3.05, 3.63) is 0 Å². The molecular weight excluding hydrogens is 376 g/mol. The van der Waals surface area contributed by atoms with Crippen molar-refractivity contribution < 1.29 is 22.7 Å². The van der Waals surface area contributed by atoms with Crippen molar-refractivity contribution >= 4 is 27.7 Å². The monoisotopic (exact) mass is 406 g/mol. The zero-order chi connectivity index (χ0) is 18.6. The Hall–Kier alpha value is -0.350. The van der Waals surface area contributed by atoms with Crippen LogP contribution in [0.15, 0.2) is 0 Å². The van der Waals surface area contributed by atoms with E-state index in [2.05, 4.69) is 4.72 Å². The predicted octanol–water partition coefficient (Wildman–Crippen LogP) is 0.844. The number of ether oxygens (including phenoxy) is 2. The van der Waals surface area contributed by atoms with Gasteiger partial charge in [-0.3, -0.25) is 4.79 Å². The molecular formula is C17H30N2O5S2. The fourth-order valence-corrected chi connectivity index (χ4v) is 6.68. The Morgan fingerprint density at radius 2 is 1.85 bits per heavy atom. The Morgan fingerprint density at radius 1 is 1.15 bits per heavy atom. The van der Waals surface area contributed by atoms with E-state index >= 15 is 0 Å². The molecule has 0 bridgehead atoms. The van der Waals surface area contributed by atoms with Gasteiger partial charge in [-0.05, 0) is 32.1 Å². The van der Waals surface area contributed by atoms with E-state index in [1.54, 1.807) is 7.11 Å². The molecule has 1 aliphatic carbocycles. The smallest absolute Gasteiger partial charge is 0.225 e. The van der Waals surface area contributed by atoms with Crippen LogP contribution in [0.5, 0.6) is 0 Å². The number of nitrogens with one attached hydrogen (secondary N) is 1. The second kappa shape index (κ2) is 9.23. The Labute approximate surface area is 160 Å². The molecule has 0 aromatic rings. The van der Waals surface area contributed by atoms with Crippen molar-refractivity contribution in [2.24, 2.45) is 5.92 Å². The molecule has 1 amide bonds. The summed E-state index contributed by atoms with van der Waals surface area (Å²) in [7, 11) is -1.79. The van der Waals surface area contributed by atoms with Crippen LogP contribution in [0.25, 0.3) is 0 Å². The van der Waals surface area contributed by atoms with Gasteiger partial charge in [0.1, 0.15) is 0 Å². The summed E-state index contributed by atoms with van der Waals surface area (Å²) in [4.78, 5) is 14.7. The molecule has 3 fully saturated rings. The first-order valence-electron chi connectivity index (χ1n) is 9.49. The summed E-state index contributed by atoms with van der Waals surface area (Å²) < 4.78 is 39.1. The van der Waals surface area contributed by atoms with E-state index in [4.69, 9.17) is 9.47 Å². The molecule has 2 saturated heterocycles. The van der Waals surface area contributed by atoms with Gasteiger partial charge < -0.3 is 14.4 Å². The number of nitrogens with zero attached hydrogens (tertiary/aromatic N) is 1. The second-order valence-electron chi connectivity index (χ2n) is 7.30. The highest BCUT2D eigenvalue weighted by Gasteiger charge is 2.39. The van der Waals surface area contributed by atoms with E-state index in [0.29, 0.717) is 45.3 Å². The molecule has 3 unspecified atom stereocenters. The minimum Gasteiger partial charge on any atom is -0.381 e. The van der Waals surface area contributed by atoms with Gasteiger partial charge in [-0.15, -0.1) is 0 Å². The van der Waals surface area contributed by atoms with Crippen LogP contribution in [0.4, 0.5) is 0 Å². The van der Waals surface area contributed by atoms with Crippen LogP contribution in [-0.2, 0) is 24.3 Å². The number of carbonyl (C=O) groups is 1. The zero-order valence-electron chi connectivity index (χ0n) is 15.4. The molecule has 9 heteroatoms. The molecule has 1 saturated carbocycles. The highest BCUT2D eigenvalue weighted by atomic mass is 32.2. The average Bonchev–Trinajstić information content (AvgIpc) is 2.69. The quantitative estimate of drug-likeness (QED) is 0.728. The highest BCUT2D eigenvalue weighted by molar-refractivity contribution is 7.99. The van der Waals surface area contributed by atoms with Gasteiger partial charge in [0.2, 0.25) is 15.9 Å². The Bertz CT molecular complexity index is 574. The number of rotatable bonds is 5. The summed E-state index contributed by atoms with van der Waals surface area (Å²) in [5.41, 5.74) is 0. The first-order chi connectivity index (χ1) is 12.5. The van der Waals surface area contributed by atoms with Crippen molar-refractivity contribution in [1.82, 2.24) is 9.62 Å². The van der Waals surface area contributed by atoms with Gasteiger partial charge >= 0.3 is 0 Å². The fourth-order valence-electron chi connectivity index (χ4n) is 4.08. The van der Waals surface area contributed by atoms with Crippen molar-refractivity contribution in [3.8, 4) is 0 Å². The largest absolute Gasteiger partial charge is 0.381 e. The summed E-state index contributed by atoms with van der Waals surface area (Å²) in [5, 5.41) is -0.390. The number of carbonyl (C=O) groups excluding carboxylic acids is 1. The third-order valence-corrected chi connectivity index (χ3v) is 8.61. The molecule has 7 nitrogen and oxygen atoms in total. The number of amides is 1. The number of hydrogen-bond donors (Lipinski definition) is 1. The van der Waals surface area contributed by atoms with Crippen LogP contribution in [-0.4, -0.2) is 81.5 Å². The van der Waals surface area contributed by atoms with Crippen LogP contribution < -0.4 is 4.72 Å². The molecule has 2 heterocycles. The van der Waals surface area contributed by atoms with Gasteiger partial charge in [0.15, 0.2) is 0 Å². The maximum absolute atomic E-state index is 12.8. The van der Waals surface area contributed by atoms with E-state index in [9.17, 15) is 13.2 Å². The molecule has 3 rings (SSSR count). The average molecular weight is 407 g/mol. The minimum atomic E-state index is -3.39. The summed E-state index contributed by atoms with van der Waals surface area (Å²) in [5.74, 6) is 2.14. The summed E-state index contributed by atoms with van der Waals surface area (Å²) in [6, 6.07) is -0.256. The number of hydrogen-bond acceptors (Lipinski definition) is 6. The van der Waals surface area contributed by atoms with Gasteiger partial charge in [0.25, 0.3) is 0 Å². The van der Waals surface area contributed by atoms with E-state index in [1.165, 1.54) is 0 Å². The van der Waals surface area contributed by atoms with Crippen LogP contribution in [0.3, 0.4) is 0 Å². The van der Waals surface area contributed by atoms with Crippen LogP contribution in [0.1, 0.15) is 32.1 Å². The number of thioether (sulfide) groups is 1. The normalized spacial score (nSPS) is 31.7. The molecule has 150 valence electrons. The van der Waals surface area contributed by atoms with Crippen molar-refractivity contribution in [3.63, 3.8) is 0 Å². The topological polar surface area (TPSA) is 84.9 Å². The lowest BCUT2D eigenvalue weighted by atomic mass is 9.83. The number of methoxy groups -OCH3 is 1. The van der Waals surface area contributed by atoms with Crippen molar-refractivity contribution in [2.45, 2.75) is 49.5 Å². The second-order valence-corrected chi connectivity index (χ2v) is 10.5. The fraction of sp³-hybridized carbons (Fsp3) is 0.941. The molecule has 0 aromatic carbocycles. The number of sulfonamides is 1. The van der Waals surface area contributed by atoms with Gasteiger partial charge in [-0.2, -0.15) is 11.8 Å². The third-order valence-electron chi connectivity index (χ3n) is 5.69. The molecule has 1 N–H and O–H groups in total. The summed E-state index contributed by atoms with van der Waals surface area (Å²) in [6.45, 7) is 2.62. The standard InChI is InChI=1S/C17H30N2O5S2/c1-23-16-12-13(17(20)19-6-10-25-11-7-19)2-3-15(16)18-26(21,22)14-4-8-24-9-5-14/h13-16,18H,2-12H2,1H3. The summed E-state index contributed by atoms with van der Waals surface area (Å²) in [6.07, 6.45) is 2.75. The Kier molecular flexibility index (Phi) is 7.24. The predicted molar refractivity (Wildman–Crippen MR) is 102 cm³/mol. The Morgan fingerprint density at radius 3 is 2.50 bits per heavy atom. The van der Waals surface area contributed by atoms with E-state index in [1.807, 2.05) is 16.7 Å². The first-order valence-corrected chi connectivity index (χ1v) is 12.2. The lowest BCUT2D eigenvalue weighted by molar-refractivity contribution is -0.138. The molecule has 26 heavy (non-hydrogen) atoms. The maximum Gasteiger partial charge on any atom is 0.225 e. The summed E-state index contributed by atoms with van der Waals surface area (Å²) >= 11 is 1.88. The zero-order valence-corrected chi connectivity index (χ0v) is 17.0. The molecule has 0 aromatic heterocycles. The van der Waals surface area contributed by atoms with Crippen molar-refractivity contribution in [1.29, 1.82) is 0 Å². The lowest BCUT2D eigenvalue weighted by Crippen LogP contribution is -2.53. The van der Waals surface area contributed by atoms with E-state index in [-0.39, 0.29) is 29.2 Å². The molecule has 3 aliphatic rings.